The number of halogens is 3. The first-order valence-electron chi connectivity index (χ1n) is 8.16. The Kier molecular flexibility index (Phi) is 5.66. The number of thiazole rings is 1. The maximum Gasteiger partial charge on any atom is 0.416 e. The van der Waals surface area contributed by atoms with Crippen molar-refractivity contribution in [3.05, 3.63) is 70.2 Å². The number of benzene rings is 2. The lowest BCUT2D eigenvalue weighted by Gasteiger charge is -2.09. The molecule has 0 saturated carbocycles. The average Bonchev–Trinajstić information content (AvgIpc) is 3.06. The van der Waals surface area contributed by atoms with Gasteiger partial charge in [-0.1, -0.05) is 24.3 Å². The van der Waals surface area contributed by atoms with Crippen LogP contribution in [0.2, 0.25) is 0 Å². The van der Waals surface area contributed by atoms with Crippen LogP contribution in [0.3, 0.4) is 0 Å². The highest BCUT2D eigenvalue weighted by Crippen LogP contribution is 2.33. The molecule has 5 nitrogen and oxygen atoms in total. The molecular weight excluding hydrogens is 391 g/mol. The summed E-state index contributed by atoms with van der Waals surface area (Å²) in [6, 6.07) is 11.5. The van der Waals surface area contributed by atoms with E-state index in [1.807, 2.05) is 0 Å². The van der Waals surface area contributed by atoms with Crippen molar-refractivity contribution >= 4 is 17.2 Å². The molecule has 0 aliphatic carbocycles. The number of nitrogen functional groups attached to an aromatic ring is 1. The number of nitrogens with one attached hydrogen (secondary N) is 1. The van der Waals surface area contributed by atoms with E-state index in [9.17, 15) is 18.0 Å². The molecule has 0 radical (unpaired) electrons. The second-order valence-electron chi connectivity index (χ2n) is 5.86. The molecule has 3 N–H and O–H groups in total. The van der Waals surface area contributed by atoms with Gasteiger partial charge in [0.05, 0.1) is 21.7 Å². The lowest BCUT2D eigenvalue weighted by molar-refractivity contribution is -0.137. The number of rotatable bonds is 5. The number of nitrogens with two attached hydrogens (primary N) is 1. The third-order valence-electron chi connectivity index (χ3n) is 3.97. The van der Waals surface area contributed by atoms with E-state index < -0.39 is 17.6 Å². The summed E-state index contributed by atoms with van der Waals surface area (Å²) in [6.45, 7) is 1.96. The zero-order valence-corrected chi connectivity index (χ0v) is 15.5. The van der Waals surface area contributed by atoms with E-state index in [2.05, 4.69) is 10.4 Å². The van der Waals surface area contributed by atoms with Crippen LogP contribution in [0.5, 0.6) is 5.75 Å². The van der Waals surface area contributed by atoms with E-state index in [1.165, 1.54) is 23.5 Å². The molecule has 1 aromatic heterocycles. The summed E-state index contributed by atoms with van der Waals surface area (Å²) in [5.74, 6) is 5.08. The minimum atomic E-state index is -4.38. The molecule has 3 rings (SSSR count). The van der Waals surface area contributed by atoms with E-state index >= 15 is 0 Å². The summed E-state index contributed by atoms with van der Waals surface area (Å²) >= 11 is 1.32. The van der Waals surface area contributed by atoms with Crippen LogP contribution in [0.4, 0.5) is 13.2 Å². The first kappa shape index (κ1) is 19.8. The monoisotopic (exact) mass is 407 g/mol. The molecule has 0 fully saturated rings. The van der Waals surface area contributed by atoms with Gasteiger partial charge in [0, 0.05) is 5.56 Å². The van der Waals surface area contributed by atoms with Crippen molar-refractivity contribution in [2.24, 2.45) is 5.84 Å². The molecule has 146 valence electrons. The molecule has 3 aromatic rings. The van der Waals surface area contributed by atoms with Crippen LogP contribution in [0.25, 0.3) is 10.6 Å². The number of aryl methyl sites for hydroxylation is 1. The van der Waals surface area contributed by atoms with Gasteiger partial charge in [-0.05, 0) is 31.2 Å². The molecule has 0 aliphatic heterocycles. The Morgan fingerprint density at radius 3 is 2.50 bits per heavy atom. The van der Waals surface area contributed by atoms with Crippen molar-refractivity contribution in [2.45, 2.75) is 19.7 Å². The van der Waals surface area contributed by atoms with Crippen LogP contribution in [-0.4, -0.2) is 10.9 Å². The summed E-state index contributed by atoms with van der Waals surface area (Å²) < 4.78 is 43.8. The highest BCUT2D eigenvalue weighted by molar-refractivity contribution is 7.15. The van der Waals surface area contributed by atoms with Gasteiger partial charge < -0.3 is 4.74 Å². The largest absolute Gasteiger partial charge is 0.487 e. The van der Waals surface area contributed by atoms with Crippen molar-refractivity contribution < 1.29 is 22.7 Å². The van der Waals surface area contributed by atoms with E-state index in [1.54, 1.807) is 31.2 Å². The number of alkyl halides is 3. The number of aromatic nitrogens is 1. The van der Waals surface area contributed by atoms with Crippen molar-refractivity contribution in [1.29, 1.82) is 0 Å². The number of ether oxygens (including phenoxy) is 1. The Bertz CT molecular complexity index is 985. The Labute approximate surface area is 162 Å². The summed E-state index contributed by atoms with van der Waals surface area (Å²) in [4.78, 5) is 17.0. The molecule has 28 heavy (non-hydrogen) atoms. The predicted octanol–water partition coefficient (Wildman–Crippen LogP) is 4.32. The number of hydrogen-bond donors (Lipinski definition) is 2. The van der Waals surface area contributed by atoms with E-state index in [4.69, 9.17) is 10.6 Å². The SMILES string of the molecule is Cc1nc(-c2ccc(C(F)(F)F)cc2)sc1COc1ccccc1C(=O)NN. The molecule has 0 saturated heterocycles. The fourth-order valence-electron chi connectivity index (χ4n) is 2.49. The van der Waals surface area contributed by atoms with E-state index in [0.717, 1.165) is 17.0 Å². The quantitative estimate of drug-likeness (QED) is 0.375. The molecule has 0 unspecified atom stereocenters. The van der Waals surface area contributed by atoms with Crippen molar-refractivity contribution in [3.8, 4) is 16.3 Å². The van der Waals surface area contributed by atoms with Crippen LogP contribution in [-0.2, 0) is 12.8 Å². The Morgan fingerprint density at radius 1 is 1.18 bits per heavy atom. The van der Waals surface area contributed by atoms with Gasteiger partial charge in [0.25, 0.3) is 5.91 Å². The summed E-state index contributed by atoms with van der Waals surface area (Å²) in [5, 5.41) is 0.595. The fourth-order valence-corrected chi connectivity index (χ4v) is 3.47. The van der Waals surface area contributed by atoms with Gasteiger partial charge in [-0.25, -0.2) is 10.8 Å². The molecule has 0 bridgehead atoms. The molecule has 1 heterocycles. The lowest BCUT2D eigenvalue weighted by atomic mass is 10.1. The number of amides is 1. The van der Waals surface area contributed by atoms with Gasteiger partial charge in [-0.3, -0.25) is 10.2 Å². The third kappa shape index (κ3) is 4.32. The topological polar surface area (TPSA) is 77.2 Å². The van der Waals surface area contributed by atoms with Gasteiger partial charge in [-0.15, -0.1) is 11.3 Å². The van der Waals surface area contributed by atoms with Crippen molar-refractivity contribution in [3.63, 3.8) is 0 Å². The molecule has 0 atom stereocenters. The second-order valence-corrected chi connectivity index (χ2v) is 6.94. The van der Waals surface area contributed by atoms with Gasteiger partial charge in [0.1, 0.15) is 17.4 Å². The highest BCUT2D eigenvalue weighted by atomic mass is 32.1. The van der Waals surface area contributed by atoms with Gasteiger partial charge in [0.15, 0.2) is 0 Å². The molecule has 0 spiro atoms. The smallest absolute Gasteiger partial charge is 0.416 e. The van der Waals surface area contributed by atoms with Crippen LogP contribution in [0, 0.1) is 6.92 Å². The zero-order valence-electron chi connectivity index (χ0n) is 14.7. The molecule has 2 aromatic carbocycles. The van der Waals surface area contributed by atoms with Gasteiger partial charge in [0.2, 0.25) is 0 Å². The maximum atomic E-state index is 12.7. The highest BCUT2D eigenvalue weighted by Gasteiger charge is 2.30. The fraction of sp³-hybridized carbons (Fsp3) is 0.158. The van der Waals surface area contributed by atoms with Gasteiger partial charge >= 0.3 is 6.18 Å². The Morgan fingerprint density at radius 2 is 1.86 bits per heavy atom. The van der Waals surface area contributed by atoms with Crippen LogP contribution >= 0.6 is 11.3 Å². The van der Waals surface area contributed by atoms with Crippen LogP contribution in [0.1, 0.15) is 26.5 Å². The van der Waals surface area contributed by atoms with E-state index in [0.29, 0.717) is 27.6 Å². The number of nitrogens with zero attached hydrogens (tertiary/aromatic N) is 1. The van der Waals surface area contributed by atoms with Gasteiger partial charge in [-0.2, -0.15) is 13.2 Å². The number of carbonyl (C=O) groups excluding carboxylic acids is 1. The van der Waals surface area contributed by atoms with E-state index in [-0.39, 0.29) is 6.61 Å². The summed E-state index contributed by atoms with van der Waals surface area (Å²) in [7, 11) is 0. The Balaban J connectivity index is 1.78. The zero-order chi connectivity index (χ0) is 20.3. The minimum absolute atomic E-state index is 0.166. The number of para-hydroxylation sites is 1. The normalized spacial score (nSPS) is 11.3. The number of hydrogen-bond acceptors (Lipinski definition) is 5. The average molecular weight is 407 g/mol. The first-order chi connectivity index (χ1) is 13.3. The second kappa shape index (κ2) is 7.99. The van der Waals surface area contributed by atoms with Crippen molar-refractivity contribution in [2.75, 3.05) is 0 Å². The standard InChI is InChI=1S/C19H16F3N3O2S/c1-11-16(10-27-15-5-3-2-4-14(15)17(26)25-23)28-18(24-11)12-6-8-13(9-7-12)19(20,21)22/h2-9H,10,23H2,1H3,(H,25,26). The summed E-state index contributed by atoms with van der Waals surface area (Å²) in [6.07, 6.45) is -4.38. The minimum Gasteiger partial charge on any atom is -0.487 e. The third-order valence-corrected chi connectivity index (χ3v) is 5.15. The molecule has 9 heteroatoms. The number of carbonyl (C=O) groups is 1. The Hall–Kier alpha value is -2.91. The molecule has 1 amide bonds. The predicted molar refractivity (Wildman–Crippen MR) is 99.7 cm³/mol. The maximum absolute atomic E-state index is 12.7. The van der Waals surface area contributed by atoms with Crippen molar-refractivity contribution in [1.82, 2.24) is 10.4 Å². The first-order valence-corrected chi connectivity index (χ1v) is 8.98. The van der Waals surface area contributed by atoms with Crippen LogP contribution < -0.4 is 16.0 Å². The lowest BCUT2D eigenvalue weighted by Crippen LogP contribution is -2.30. The molecule has 0 aliphatic rings. The molecular formula is C19H16F3N3O2S. The summed E-state index contributed by atoms with van der Waals surface area (Å²) in [5.41, 5.74) is 2.96. The van der Waals surface area contributed by atoms with Crippen LogP contribution in [0.15, 0.2) is 48.5 Å². The number of hydrazine groups is 1.